The summed E-state index contributed by atoms with van der Waals surface area (Å²) in [6.07, 6.45) is 9.72. The number of rotatable bonds is 9. The van der Waals surface area contributed by atoms with Crippen LogP contribution in [0, 0.1) is 20.8 Å². The average molecular weight is 276 g/mol. The van der Waals surface area contributed by atoms with Gasteiger partial charge in [0.2, 0.25) is 0 Å². The maximum absolute atomic E-state index is 10.4. The number of benzene rings is 1. The van der Waals surface area contributed by atoms with Crippen LogP contribution >= 0.6 is 0 Å². The first-order valence-corrected chi connectivity index (χ1v) is 8.32. The van der Waals surface area contributed by atoms with E-state index in [9.17, 15) is 5.11 Å². The van der Waals surface area contributed by atoms with Crippen LogP contribution in [0.15, 0.2) is 12.1 Å². The van der Waals surface area contributed by atoms with Crippen LogP contribution in [0.4, 0.5) is 0 Å². The lowest BCUT2D eigenvalue weighted by atomic mass is 9.94. The number of hydrogen-bond donors (Lipinski definition) is 1. The minimum Gasteiger partial charge on any atom is -0.388 e. The summed E-state index contributed by atoms with van der Waals surface area (Å²) in [7, 11) is 0. The lowest BCUT2D eigenvalue weighted by Crippen LogP contribution is -2.02. The fraction of sp³-hybridized carbons (Fsp3) is 0.684. The van der Waals surface area contributed by atoms with Crippen molar-refractivity contribution in [3.05, 3.63) is 34.4 Å². The molecule has 1 aromatic rings. The van der Waals surface area contributed by atoms with Crippen LogP contribution in [0.25, 0.3) is 0 Å². The predicted molar refractivity (Wildman–Crippen MR) is 88.2 cm³/mol. The third-order valence-corrected chi connectivity index (χ3v) is 4.32. The van der Waals surface area contributed by atoms with Crippen molar-refractivity contribution in [3.8, 4) is 0 Å². The highest BCUT2D eigenvalue weighted by atomic mass is 16.3. The monoisotopic (exact) mass is 276 g/mol. The molecule has 1 rings (SSSR count). The Labute approximate surface area is 125 Å². The molecule has 1 aromatic carbocycles. The molecule has 0 amide bonds. The molecule has 1 nitrogen and oxygen atoms in total. The summed E-state index contributed by atoms with van der Waals surface area (Å²) in [5, 5.41) is 10.4. The van der Waals surface area contributed by atoms with Crippen molar-refractivity contribution in [2.45, 2.75) is 85.2 Å². The summed E-state index contributed by atoms with van der Waals surface area (Å²) >= 11 is 0. The van der Waals surface area contributed by atoms with E-state index in [1.165, 1.54) is 55.2 Å². The second-order valence-corrected chi connectivity index (χ2v) is 6.22. The molecule has 0 radical (unpaired) electrons. The summed E-state index contributed by atoms with van der Waals surface area (Å²) < 4.78 is 0. The van der Waals surface area contributed by atoms with E-state index in [-0.39, 0.29) is 6.10 Å². The van der Waals surface area contributed by atoms with Gasteiger partial charge in [-0.15, -0.1) is 0 Å². The molecule has 1 atom stereocenters. The summed E-state index contributed by atoms with van der Waals surface area (Å²) in [6.45, 7) is 8.62. The molecule has 0 saturated heterocycles. The molecule has 0 aliphatic heterocycles. The Morgan fingerprint density at radius 1 is 0.800 bits per heavy atom. The molecule has 1 N–H and O–H groups in total. The summed E-state index contributed by atoms with van der Waals surface area (Å²) in [5.74, 6) is 0. The van der Waals surface area contributed by atoms with E-state index >= 15 is 0 Å². The maximum Gasteiger partial charge on any atom is 0.0792 e. The van der Waals surface area contributed by atoms with Crippen LogP contribution in [0.2, 0.25) is 0 Å². The summed E-state index contributed by atoms with van der Waals surface area (Å²) in [5.41, 5.74) is 4.95. The maximum atomic E-state index is 10.4. The van der Waals surface area contributed by atoms with Crippen molar-refractivity contribution in [1.82, 2.24) is 0 Å². The molecular weight excluding hydrogens is 244 g/mol. The van der Waals surface area contributed by atoms with Gasteiger partial charge in [-0.3, -0.25) is 0 Å². The average Bonchev–Trinajstić information content (AvgIpc) is 2.41. The first-order chi connectivity index (χ1) is 9.56. The lowest BCUT2D eigenvalue weighted by molar-refractivity contribution is 0.162. The highest BCUT2D eigenvalue weighted by Gasteiger charge is 2.11. The highest BCUT2D eigenvalue weighted by Crippen LogP contribution is 2.25. The van der Waals surface area contributed by atoms with Crippen molar-refractivity contribution in [1.29, 1.82) is 0 Å². The van der Waals surface area contributed by atoms with E-state index in [4.69, 9.17) is 0 Å². The minimum absolute atomic E-state index is 0.287. The quantitative estimate of drug-likeness (QED) is 0.566. The highest BCUT2D eigenvalue weighted by molar-refractivity contribution is 5.37. The van der Waals surface area contributed by atoms with Crippen molar-refractivity contribution in [2.24, 2.45) is 0 Å². The van der Waals surface area contributed by atoms with Crippen molar-refractivity contribution in [2.75, 3.05) is 0 Å². The number of unbranched alkanes of at least 4 members (excludes halogenated alkanes) is 6. The molecule has 0 fully saturated rings. The largest absolute Gasteiger partial charge is 0.388 e. The van der Waals surface area contributed by atoms with Crippen LogP contribution < -0.4 is 0 Å². The predicted octanol–water partition coefficient (Wildman–Crippen LogP) is 5.79. The standard InChI is InChI=1S/C19H32O/c1-5-6-7-8-9-10-11-12-19(20)18-14-16(3)15(2)13-17(18)4/h13-14,19-20H,5-12H2,1-4H3. The molecule has 0 spiro atoms. The van der Waals surface area contributed by atoms with Gasteiger partial charge in [0.05, 0.1) is 6.10 Å². The Hall–Kier alpha value is -0.820. The summed E-state index contributed by atoms with van der Waals surface area (Å²) in [4.78, 5) is 0. The van der Waals surface area contributed by atoms with Crippen LogP contribution in [-0.4, -0.2) is 5.11 Å². The van der Waals surface area contributed by atoms with Gasteiger partial charge in [-0.1, -0.05) is 64.0 Å². The second-order valence-electron chi connectivity index (χ2n) is 6.22. The molecule has 114 valence electrons. The topological polar surface area (TPSA) is 20.2 Å². The molecule has 0 saturated carbocycles. The van der Waals surface area contributed by atoms with Crippen LogP contribution in [0.1, 0.15) is 86.6 Å². The molecule has 20 heavy (non-hydrogen) atoms. The summed E-state index contributed by atoms with van der Waals surface area (Å²) in [6, 6.07) is 4.36. The van der Waals surface area contributed by atoms with Gasteiger partial charge in [0.25, 0.3) is 0 Å². The van der Waals surface area contributed by atoms with Crippen molar-refractivity contribution in [3.63, 3.8) is 0 Å². The number of hydrogen-bond acceptors (Lipinski definition) is 1. The normalized spacial score (nSPS) is 12.7. The number of aliphatic hydroxyl groups is 1. The van der Waals surface area contributed by atoms with Gasteiger partial charge in [0.1, 0.15) is 0 Å². The minimum atomic E-state index is -0.287. The van der Waals surface area contributed by atoms with Crippen molar-refractivity contribution < 1.29 is 5.11 Å². The fourth-order valence-electron chi connectivity index (χ4n) is 2.79. The Kier molecular flexibility index (Phi) is 7.91. The zero-order valence-corrected chi connectivity index (χ0v) is 13.8. The molecule has 0 aliphatic rings. The number of aliphatic hydroxyl groups excluding tert-OH is 1. The van der Waals surface area contributed by atoms with Crippen LogP contribution in [0.3, 0.4) is 0 Å². The number of aryl methyl sites for hydroxylation is 3. The molecule has 0 heterocycles. The van der Waals surface area contributed by atoms with Gasteiger partial charge in [-0.05, 0) is 49.4 Å². The molecule has 1 unspecified atom stereocenters. The first kappa shape index (κ1) is 17.2. The molecule has 0 aliphatic carbocycles. The van der Waals surface area contributed by atoms with Crippen LogP contribution in [-0.2, 0) is 0 Å². The molecule has 1 heteroatoms. The Bertz CT molecular complexity index is 395. The first-order valence-electron chi connectivity index (χ1n) is 8.32. The van der Waals surface area contributed by atoms with E-state index in [1.54, 1.807) is 0 Å². The third-order valence-electron chi connectivity index (χ3n) is 4.32. The van der Waals surface area contributed by atoms with Crippen molar-refractivity contribution >= 4 is 0 Å². The lowest BCUT2D eigenvalue weighted by Gasteiger charge is -2.16. The van der Waals surface area contributed by atoms with Crippen LogP contribution in [0.5, 0.6) is 0 Å². The van der Waals surface area contributed by atoms with E-state index in [0.29, 0.717) is 0 Å². The van der Waals surface area contributed by atoms with E-state index in [2.05, 4.69) is 39.8 Å². The molecular formula is C19H32O. The van der Waals surface area contributed by atoms with Gasteiger partial charge >= 0.3 is 0 Å². The van der Waals surface area contributed by atoms with Gasteiger partial charge in [-0.25, -0.2) is 0 Å². The smallest absolute Gasteiger partial charge is 0.0792 e. The van der Waals surface area contributed by atoms with E-state index in [1.807, 2.05) is 0 Å². The Morgan fingerprint density at radius 2 is 1.35 bits per heavy atom. The Morgan fingerprint density at radius 3 is 2.00 bits per heavy atom. The SMILES string of the molecule is CCCCCCCCCC(O)c1cc(C)c(C)cc1C. The molecule has 0 aromatic heterocycles. The van der Waals surface area contributed by atoms with E-state index in [0.717, 1.165) is 18.4 Å². The van der Waals surface area contributed by atoms with Gasteiger partial charge in [-0.2, -0.15) is 0 Å². The van der Waals surface area contributed by atoms with Gasteiger partial charge < -0.3 is 5.11 Å². The van der Waals surface area contributed by atoms with E-state index < -0.39 is 0 Å². The third kappa shape index (κ3) is 5.66. The van der Waals surface area contributed by atoms with Gasteiger partial charge in [0.15, 0.2) is 0 Å². The fourth-order valence-corrected chi connectivity index (χ4v) is 2.79. The Balaban J connectivity index is 2.32. The zero-order valence-electron chi connectivity index (χ0n) is 13.8. The second kappa shape index (κ2) is 9.18. The zero-order chi connectivity index (χ0) is 15.0. The molecule has 0 bridgehead atoms. The van der Waals surface area contributed by atoms with Gasteiger partial charge in [0, 0.05) is 0 Å².